The molecule has 2 aliphatic rings. The van der Waals surface area contributed by atoms with Gasteiger partial charge in [0.1, 0.15) is 0 Å². The zero-order valence-electron chi connectivity index (χ0n) is 12.9. The van der Waals surface area contributed by atoms with Crippen LogP contribution in [0.15, 0.2) is 24.3 Å². The van der Waals surface area contributed by atoms with Crippen molar-refractivity contribution in [2.45, 2.75) is 57.5 Å². The molecule has 0 aromatic heterocycles. The zero-order chi connectivity index (χ0) is 13.9. The predicted molar refractivity (Wildman–Crippen MR) is 85.2 cm³/mol. The average Bonchev–Trinajstić information content (AvgIpc) is 2.48. The van der Waals surface area contributed by atoms with Gasteiger partial charge in [0.05, 0.1) is 0 Å². The molecule has 1 aliphatic carbocycles. The van der Waals surface area contributed by atoms with E-state index < -0.39 is 0 Å². The van der Waals surface area contributed by atoms with E-state index in [0.29, 0.717) is 6.04 Å². The molecule has 110 valence electrons. The van der Waals surface area contributed by atoms with Crippen LogP contribution in [0.4, 0.5) is 0 Å². The number of rotatable bonds is 3. The summed E-state index contributed by atoms with van der Waals surface area (Å²) in [4.78, 5) is 2.74. The fourth-order valence-corrected chi connectivity index (χ4v) is 3.99. The van der Waals surface area contributed by atoms with Crippen LogP contribution in [-0.4, -0.2) is 36.6 Å². The second kappa shape index (κ2) is 6.28. The maximum absolute atomic E-state index is 3.63. The maximum Gasteiger partial charge on any atom is 0.0219 e. The van der Waals surface area contributed by atoms with Gasteiger partial charge >= 0.3 is 0 Å². The monoisotopic (exact) mass is 272 g/mol. The minimum absolute atomic E-state index is 0.636. The molecule has 20 heavy (non-hydrogen) atoms. The Kier molecular flexibility index (Phi) is 4.42. The standard InChI is InChI=1S/C18H28N2/c1-3-17-11-19-14(2)12-20(17)13-16-9-6-8-15-7-4-5-10-18(15)16/h4-5,7,10,14,16-17,19H,3,6,8-9,11-13H2,1-2H3. The molecule has 1 aromatic carbocycles. The first-order valence-electron chi connectivity index (χ1n) is 8.33. The van der Waals surface area contributed by atoms with Crippen molar-refractivity contribution in [3.05, 3.63) is 35.4 Å². The molecule has 0 radical (unpaired) electrons. The number of benzene rings is 1. The average molecular weight is 272 g/mol. The van der Waals surface area contributed by atoms with Gasteiger partial charge in [-0.25, -0.2) is 0 Å². The van der Waals surface area contributed by atoms with Gasteiger partial charge in [-0.3, -0.25) is 4.90 Å². The quantitative estimate of drug-likeness (QED) is 0.909. The summed E-state index contributed by atoms with van der Waals surface area (Å²) in [6.45, 7) is 8.25. The lowest BCUT2D eigenvalue weighted by molar-refractivity contribution is 0.121. The van der Waals surface area contributed by atoms with Gasteiger partial charge in [-0.2, -0.15) is 0 Å². The fourth-order valence-electron chi connectivity index (χ4n) is 3.99. The molecule has 0 amide bonds. The van der Waals surface area contributed by atoms with Crippen molar-refractivity contribution < 1.29 is 0 Å². The number of aryl methyl sites for hydroxylation is 1. The second-order valence-corrected chi connectivity index (χ2v) is 6.61. The highest BCUT2D eigenvalue weighted by molar-refractivity contribution is 5.32. The molecule has 3 rings (SSSR count). The topological polar surface area (TPSA) is 15.3 Å². The Labute approximate surface area is 123 Å². The Morgan fingerprint density at radius 3 is 3.00 bits per heavy atom. The molecular formula is C18H28N2. The molecule has 1 aliphatic heterocycles. The summed E-state index contributed by atoms with van der Waals surface area (Å²) in [7, 11) is 0. The summed E-state index contributed by atoms with van der Waals surface area (Å²) in [5.41, 5.74) is 3.22. The summed E-state index contributed by atoms with van der Waals surface area (Å²) in [6, 6.07) is 10.5. The number of nitrogens with one attached hydrogen (secondary N) is 1. The highest BCUT2D eigenvalue weighted by Crippen LogP contribution is 2.32. The van der Waals surface area contributed by atoms with Gasteiger partial charge in [0, 0.05) is 31.7 Å². The third-order valence-corrected chi connectivity index (χ3v) is 5.15. The Hall–Kier alpha value is -0.860. The molecule has 1 heterocycles. The van der Waals surface area contributed by atoms with Crippen molar-refractivity contribution in [1.82, 2.24) is 10.2 Å². The highest BCUT2D eigenvalue weighted by atomic mass is 15.2. The molecule has 1 N–H and O–H groups in total. The molecule has 3 unspecified atom stereocenters. The predicted octanol–water partition coefficient (Wildman–Crippen LogP) is 3.18. The van der Waals surface area contributed by atoms with Gasteiger partial charge in [0.25, 0.3) is 0 Å². The van der Waals surface area contributed by atoms with E-state index in [4.69, 9.17) is 0 Å². The zero-order valence-corrected chi connectivity index (χ0v) is 12.9. The largest absolute Gasteiger partial charge is 0.311 e. The van der Waals surface area contributed by atoms with E-state index in [1.807, 2.05) is 0 Å². The van der Waals surface area contributed by atoms with E-state index in [0.717, 1.165) is 18.5 Å². The fraction of sp³-hybridized carbons (Fsp3) is 0.667. The van der Waals surface area contributed by atoms with Gasteiger partial charge in [-0.05, 0) is 49.7 Å². The Balaban J connectivity index is 1.74. The van der Waals surface area contributed by atoms with Crippen molar-refractivity contribution in [3.8, 4) is 0 Å². The van der Waals surface area contributed by atoms with Gasteiger partial charge in [-0.15, -0.1) is 0 Å². The maximum atomic E-state index is 3.63. The molecule has 1 saturated heterocycles. The van der Waals surface area contributed by atoms with Crippen LogP contribution in [0.1, 0.15) is 50.2 Å². The van der Waals surface area contributed by atoms with Crippen molar-refractivity contribution in [1.29, 1.82) is 0 Å². The van der Waals surface area contributed by atoms with Gasteiger partial charge in [-0.1, -0.05) is 31.2 Å². The van der Waals surface area contributed by atoms with Gasteiger partial charge < -0.3 is 5.32 Å². The second-order valence-electron chi connectivity index (χ2n) is 6.61. The lowest BCUT2D eigenvalue weighted by atomic mass is 9.82. The van der Waals surface area contributed by atoms with E-state index in [-0.39, 0.29) is 0 Å². The SMILES string of the molecule is CCC1CNC(C)CN1CC1CCCc2ccccc21. The van der Waals surface area contributed by atoms with Crippen molar-refractivity contribution in [3.63, 3.8) is 0 Å². The summed E-state index contributed by atoms with van der Waals surface area (Å²) < 4.78 is 0. The van der Waals surface area contributed by atoms with E-state index >= 15 is 0 Å². The number of hydrogen-bond acceptors (Lipinski definition) is 2. The summed E-state index contributed by atoms with van der Waals surface area (Å²) in [5.74, 6) is 0.749. The molecule has 2 heteroatoms. The molecule has 1 aromatic rings. The first-order chi connectivity index (χ1) is 9.78. The Morgan fingerprint density at radius 1 is 1.30 bits per heavy atom. The van der Waals surface area contributed by atoms with Gasteiger partial charge in [0.2, 0.25) is 0 Å². The highest BCUT2D eigenvalue weighted by Gasteiger charge is 2.28. The van der Waals surface area contributed by atoms with Crippen LogP contribution < -0.4 is 5.32 Å². The van der Waals surface area contributed by atoms with E-state index in [1.54, 1.807) is 11.1 Å². The van der Waals surface area contributed by atoms with E-state index in [9.17, 15) is 0 Å². The van der Waals surface area contributed by atoms with Crippen molar-refractivity contribution in [2.24, 2.45) is 0 Å². The molecule has 0 saturated carbocycles. The molecular weight excluding hydrogens is 244 g/mol. The summed E-state index contributed by atoms with van der Waals surface area (Å²) >= 11 is 0. The molecule has 3 atom stereocenters. The van der Waals surface area contributed by atoms with Crippen LogP contribution in [0, 0.1) is 0 Å². The van der Waals surface area contributed by atoms with Crippen molar-refractivity contribution in [2.75, 3.05) is 19.6 Å². The summed E-state index contributed by atoms with van der Waals surface area (Å²) in [5, 5.41) is 3.63. The van der Waals surface area contributed by atoms with Crippen LogP contribution in [0.2, 0.25) is 0 Å². The minimum Gasteiger partial charge on any atom is -0.311 e. The Morgan fingerprint density at radius 2 is 2.15 bits per heavy atom. The van der Waals surface area contributed by atoms with Crippen LogP contribution >= 0.6 is 0 Å². The molecule has 0 spiro atoms. The number of piperazine rings is 1. The minimum atomic E-state index is 0.636. The first-order valence-corrected chi connectivity index (χ1v) is 8.33. The van der Waals surface area contributed by atoms with Crippen LogP contribution in [0.3, 0.4) is 0 Å². The van der Waals surface area contributed by atoms with E-state index in [1.165, 1.54) is 38.8 Å². The van der Waals surface area contributed by atoms with E-state index in [2.05, 4.69) is 48.3 Å². The van der Waals surface area contributed by atoms with Gasteiger partial charge in [0.15, 0.2) is 0 Å². The Bertz CT molecular complexity index is 443. The normalized spacial score (nSPS) is 31.0. The van der Waals surface area contributed by atoms with Crippen molar-refractivity contribution >= 4 is 0 Å². The summed E-state index contributed by atoms with van der Waals surface area (Å²) in [6.07, 6.45) is 5.27. The number of nitrogens with zero attached hydrogens (tertiary/aromatic N) is 1. The molecule has 0 bridgehead atoms. The lowest BCUT2D eigenvalue weighted by Crippen LogP contribution is -2.56. The van der Waals surface area contributed by atoms with Crippen LogP contribution in [0.5, 0.6) is 0 Å². The van der Waals surface area contributed by atoms with Crippen LogP contribution in [-0.2, 0) is 6.42 Å². The smallest absolute Gasteiger partial charge is 0.0219 e. The molecule has 1 fully saturated rings. The first kappa shape index (κ1) is 14.1. The lowest BCUT2D eigenvalue weighted by Gasteiger charge is -2.41. The molecule has 2 nitrogen and oxygen atoms in total. The third-order valence-electron chi connectivity index (χ3n) is 5.15. The van der Waals surface area contributed by atoms with Crippen LogP contribution in [0.25, 0.3) is 0 Å². The number of hydrogen-bond donors (Lipinski definition) is 1. The third kappa shape index (κ3) is 2.91. The number of fused-ring (bicyclic) bond motifs is 1.